The number of halogens is 1. The van der Waals surface area contributed by atoms with Crippen LogP contribution in [0.5, 0.6) is 0 Å². The summed E-state index contributed by atoms with van der Waals surface area (Å²) in [5.41, 5.74) is 0.475. The second kappa shape index (κ2) is 4.26. The lowest BCUT2D eigenvalue weighted by Gasteiger charge is -2.30. The molecule has 3 nitrogen and oxygen atoms in total. The van der Waals surface area contributed by atoms with Crippen LogP contribution >= 0.6 is 15.9 Å². The molecule has 0 spiro atoms. The number of anilines is 1. The number of methoxy groups -OCH3 is 1. The molecule has 96 valence electrons. The summed E-state index contributed by atoms with van der Waals surface area (Å²) in [6.45, 7) is 0. The third-order valence-corrected chi connectivity index (χ3v) is 4.70. The zero-order chi connectivity index (χ0) is 12.8. The van der Waals surface area contributed by atoms with E-state index in [1.807, 2.05) is 24.3 Å². The predicted molar refractivity (Wildman–Crippen MR) is 73.3 cm³/mol. The van der Waals surface area contributed by atoms with Gasteiger partial charge in [-0.3, -0.25) is 0 Å². The largest absolute Gasteiger partial charge is 0.467 e. The molecule has 0 radical (unpaired) electrons. The fourth-order valence-corrected chi connectivity index (χ4v) is 3.63. The van der Waals surface area contributed by atoms with Crippen LogP contribution in [-0.2, 0) is 9.53 Å². The lowest BCUT2D eigenvalue weighted by molar-refractivity contribution is -0.146. The lowest BCUT2D eigenvalue weighted by atomic mass is 9.92. The Hall–Kier alpha value is -1.03. The number of nitrogens with one attached hydrogen (secondary N) is 1. The molecule has 3 rings (SSSR count). The third kappa shape index (κ3) is 1.83. The SMILES string of the molecule is COC(=O)C1(Nc2cccc(Br)c2)CCC2CC21. The summed E-state index contributed by atoms with van der Waals surface area (Å²) in [5.74, 6) is 1.04. The molecular formula is C14H16BrNO2. The van der Waals surface area contributed by atoms with Gasteiger partial charge in [0.2, 0.25) is 0 Å². The van der Waals surface area contributed by atoms with E-state index in [0.29, 0.717) is 11.8 Å². The number of carbonyl (C=O) groups excluding carboxylic acids is 1. The van der Waals surface area contributed by atoms with Crippen molar-refractivity contribution in [3.63, 3.8) is 0 Å². The Kier molecular flexibility index (Phi) is 2.85. The average molecular weight is 310 g/mol. The first-order valence-corrected chi connectivity index (χ1v) is 7.07. The van der Waals surface area contributed by atoms with E-state index in [2.05, 4.69) is 21.2 Å². The maximum Gasteiger partial charge on any atom is 0.331 e. The number of esters is 1. The van der Waals surface area contributed by atoms with Gasteiger partial charge >= 0.3 is 5.97 Å². The molecule has 4 heteroatoms. The smallest absolute Gasteiger partial charge is 0.331 e. The molecule has 3 unspecified atom stereocenters. The monoisotopic (exact) mass is 309 g/mol. The van der Waals surface area contributed by atoms with Gasteiger partial charge in [0.05, 0.1) is 7.11 Å². The molecule has 0 saturated heterocycles. The number of hydrogen-bond acceptors (Lipinski definition) is 3. The summed E-state index contributed by atoms with van der Waals surface area (Å²) in [6.07, 6.45) is 3.15. The van der Waals surface area contributed by atoms with E-state index in [4.69, 9.17) is 4.74 Å². The van der Waals surface area contributed by atoms with Gasteiger partial charge in [0.25, 0.3) is 0 Å². The van der Waals surface area contributed by atoms with E-state index in [0.717, 1.165) is 29.4 Å². The van der Waals surface area contributed by atoms with Crippen molar-refractivity contribution in [1.29, 1.82) is 0 Å². The Morgan fingerprint density at radius 2 is 2.39 bits per heavy atom. The van der Waals surface area contributed by atoms with Crippen LogP contribution in [0.3, 0.4) is 0 Å². The van der Waals surface area contributed by atoms with E-state index in [1.165, 1.54) is 7.11 Å². The highest BCUT2D eigenvalue weighted by atomic mass is 79.9. The Balaban J connectivity index is 1.89. The number of fused-ring (bicyclic) bond motifs is 1. The minimum absolute atomic E-state index is 0.118. The van der Waals surface area contributed by atoms with E-state index < -0.39 is 5.54 Å². The molecule has 2 fully saturated rings. The molecule has 0 bridgehead atoms. The van der Waals surface area contributed by atoms with Crippen molar-refractivity contribution < 1.29 is 9.53 Å². The summed E-state index contributed by atoms with van der Waals surface area (Å²) in [6, 6.07) is 7.94. The first-order valence-electron chi connectivity index (χ1n) is 6.28. The molecule has 2 aliphatic carbocycles. The van der Waals surface area contributed by atoms with Gasteiger partial charge in [0.15, 0.2) is 0 Å². The molecular weight excluding hydrogens is 294 g/mol. The van der Waals surface area contributed by atoms with Gasteiger partial charge in [-0.25, -0.2) is 4.79 Å². The van der Waals surface area contributed by atoms with E-state index in [1.54, 1.807) is 0 Å². The van der Waals surface area contributed by atoms with E-state index in [-0.39, 0.29) is 5.97 Å². The minimum Gasteiger partial charge on any atom is -0.467 e. The van der Waals surface area contributed by atoms with Crippen molar-refractivity contribution in [3.05, 3.63) is 28.7 Å². The fraction of sp³-hybridized carbons (Fsp3) is 0.500. The Morgan fingerprint density at radius 3 is 2.94 bits per heavy atom. The maximum absolute atomic E-state index is 12.2. The first kappa shape index (κ1) is 12.0. The average Bonchev–Trinajstić information content (AvgIpc) is 3.07. The van der Waals surface area contributed by atoms with Crippen LogP contribution in [0.1, 0.15) is 19.3 Å². The molecule has 0 amide bonds. The van der Waals surface area contributed by atoms with Crippen LogP contribution in [0.15, 0.2) is 28.7 Å². The van der Waals surface area contributed by atoms with Crippen molar-refractivity contribution in [2.24, 2.45) is 11.8 Å². The highest BCUT2D eigenvalue weighted by Crippen LogP contribution is 2.58. The molecule has 3 atom stereocenters. The molecule has 1 N–H and O–H groups in total. The van der Waals surface area contributed by atoms with Gasteiger partial charge in [-0.15, -0.1) is 0 Å². The second-order valence-electron chi connectivity index (χ2n) is 5.24. The van der Waals surface area contributed by atoms with E-state index in [9.17, 15) is 4.79 Å². The summed E-state index contributed by atoms with van der Waals surface area (Å²) in [4.78, 5) is 12.2. The Bertz CT molecular complexity index is 490. The number of rotatable bonds is 3. The van der Waals surface area contributed by atoms with Crippen LogP contribution < -0.4 is 5.32 Å². The van der Waals surface area contributed by atoms with E-state index >= 15 is 0 Å². The highest BCUT2D eigenvalue weighted by molar-refractivity contribution is 9.10. The van der Waals surface area contributed by atoms with Crippen LogP contribution in [0.4, 0.5) is 5.69 Å². The second-order valence-corrected chi connectivity index (χ2v) is 6.15. The minimum atomic E-state index is -0.500. The third-order valence-electron chi connectivity index (χ3n) is 4.21. The molecule has 0 aromatic heterocycles. The molecule has 1 aromatic carbocycles. The summed E-state index contributed by atoms with van der Waals surface area (Å²) >= 11 is 3.45. The molecule has 2 aliphatic rings. The quantitative estimate of drug-likeness (QED) is 0.871. The van der Waals surface area contributed by atoms with Gasteiger partial charge in [-0.1, -0.05) is 22.0 Å². The molecule has 0 heterocycles. The van der Waals surface area contributed by atoms with Crippen LogP contribution in [0, 0.1) is 11.8 Å². The maximum atomic E-state index is 12.2. The normalized spacial score (nSPS) is 32.8. The molecule has 1 aromatic rings. The number of ether oxygens (including phenoxy) is 1. The Labute approximate surface area is 115 Å². The highest BCUT2D eigenvalue weighted by Gasteiger charge is 2.62. The Morgan fingerprint density at radius 1 is 1.56 bits per heavy atom. The fourth-order valence-electron chi connectivity index (χ4n) is 3.23. The van der Waals surface area contributed by atoms with Crippen molar-refractivity contribution in [3.8, 4) is 0 Å². The van der Waals surface area contributed by atoms with Gasteiger partial charge in [0.1, 0.15) is 5.54 Å². The topological polar surface area (TPSA) is 38.3 Å². The lowest BCUT2D eigenvalue weighted by Crippen LogP contribution is -2.47. The van der Waals surface area contributed by atoms with Gasteiger partial charge < -0.3 is 10.1 Å². The van der Waals surface area contributed by atoms with Gasteiger partial charge in [-0.05, 0) is 49.3 Å². The van der Waals surface area contributed by atoms with Crippen molar-refractivity contribution in [2.75, 3.05) is 12.4 Å². The standard InChI is InChI=1S/C14H16BrNO2/c1-18-13(17)14(6-5-9-7-12(9)14)16-11-4-2-3-10(15)8-11/h2-4,8-9,12,16H,5-7H2,1H3. The number of benzene rings is 1. The zero-order valence-corrected chi connectivity index (χ0v) is 11.9. The number of hydrogen-bond donors (Lipinski definition) is 1. The molecule has 0 aliphatic heterocycles. The van der Waals surface area contributed by atoms with Crippen LogP contribution in [0.2, 0.25) is 0 Å². The van der Waals surface area contributed by atoms with Crippen molar-refractivity contribution in [2.45, 2.75) is 24.8 Å². The predicted octanol–water partition coefficient (Wildman–Crippen LogP) is 3.20. The van der Waals surface area contributed by atoms with Gasteiger partial charge in [-0.2, -0.15) is 0 Å². The summed E-state index contributed by atoms with van der Waals surface area (Å²) < 4.78 is 6.04. The zero-order valence-electron chi connectivity index (χ0n) is 10.3. The van der Waals surface area contributed by atoms with Crippen LogP contribution in [0.25, 0.3) is 0 Å². The van der Waals surface area contributed by atoms with Gasteiger partial charge in [0, 0.05) is 10.2 Å². The number of carbonyl (C=O) groups is 1. The van der Waals surface area contributed by atoms with Crippen molar-refractivity contribution >= 4 is 27.6 Å². The van der Waals surface area contributed by atoms with Crippen LogP contribution in [-0.4, -0.2) is 18.6 Å². The van der Waals surface area contributed by atoms with Crippen molar-refractivity contribution in [1.82, 2.24) is 0 Å². The molecule has 2 saturated carbocycles. The summed E-state index contributed by atoms with van der Waals surface area (Å²) in [5, 5.41) is 3.43. The first-order chi connectivity index (χ1) is 8.65. The summed E-state index contributed by atoms with van der Waals surface area (Å²) in [7, 11) is 1.47. The molecule has 18 heavy (non-hydrogen) atoms.